The van der Waals surface area contributed by atoms with E-state index in [9.17, 15) is 14.7 Å². The van der Waals surface area contributed by atoms with E-state index < -0.39 is 17.7 Å². The number of aliphatic hydroxyl groups is 1. The number of benzene rings is 2. The van der Waals surface area contributed by atoms with Crippen LogP contribution in [0.1, 0.15) is 50.3 Å². The Balaban J connectivity index is 2.10. The molecule has 0 aliphatic carbocycles. The Morgan fingerprint density at radius 2 is 1.81 bits per heavy atom. The standard InChI is InChI=1S/C25H28ClNO5/c1-4-6-13-27-22(16-7-10-18(11-8-16)32-14-5-2)21(24(29)25(27)30)23(28)17-9-12-19(26)20(15-17)31-3/h7-12,15,22,28H,4-6,13-14H2,1-3H3/b23-21-. The van der Waals surface area contributed by atoms with Crippen molar-refractivity contribution < 1.29 is 24.2 Å². The number of amides is 1. The molecule has 1 amide bonds. The summed E-state index contributed by atoms with van der Waals surface area (Å²) in [6, 6.07) is 11.3. The normalized spacial score (nSPS) is 17.6. The fourth-order valence-electron chi connectivity index (χ4n) is 3.71. The smallest absolute Gasteiger partial charge is 0.295 e. The first-order valence-electron chi connectivity index (χ1n) is 10.8. The number of halogens is 1. The first-order valence-corrected chi connectivity index (χ1v) is 11.2. The quantitative estimate of drug-likeness (QED) is 0.311. The average molecular weight is 458 g/mol. The van der Waals surface area contributed by atoms with Crippen molar-refractivity contribution in [3.8, 4) is 11.5 Å². The lowest BCUT2D eigenvalue weighted by Crippen LogP contribution is -2.30. The summed E-state index contributed by atoms with van der Waals surface area (Å²) in [7, 11) is 1.47. The van der Waals surface area contributed by atoms with Crippen molar-refractivity contribution in [3.05, 3.63) is 64.2 Å². The molecule has 32 heavy (non-hydrogen) atoms. The number of rotatable bonds is 9. The lowest BCUT2D eigenvalue weighted by Gasteiger charge is -2.25. The fourth-order valence-corrected chi connectivity index (χ4v) is 3.91. The number of unbranched alkanes of at least 4 members (excludes halogenated alkanes) is 1. The van der Waals surface area contributed by atoms with E-state index in [1.54, 1.807) is 18.2 Å². The lowest BCUT2D eigenvalue weighted by molar-refractivity contribution is -0.139. The highest BCUT2D eigenvalue weighted by Crippen LogP contribution is 2.40. The van der Waals surface area contributed by atoms with Crippen LogP contribution in [0.3, 0.4) is 0 Å². The molecule has 0 radical (unpaired) electrons. The van der Waals surface area contributed by atoms with Gasteiger partial charge >= 0.3 is 0 Å². The van der Waals surface area contributed by atoms with Gasteiger partial charge in [0.05, 0.1) is 30.4 Å². The highest BCUT2D eigenvalue weighted by Gasteiger charge is 2.45. The average Bonchev–Trinajstić information content (AvgIpc) is 3.06. The Morgan fingerprint density at radius 1 is 1.09 bits per heavy atom. The van der Waals surface area contributed by atoms with E-state index in [0.717, 1.165) is 24.8 Å². The zero-order chi connectivity index (χ0) is 23.3. The van der Waals surface area contributed by atoms with Crippen LogP contribution in [0.15, 0.2) is 48.0 Å². The molecule has 170 valence electrons. The molecule has 0 aromatic heterocycles. The monoisotopic (exact) mass is 457 g/mol. The number of carbonyl (C=O) groups is 2. The minimum absolute atomic E-state index is 0.0534. The second kappa shape index (κ2) is 10.6. The first kappa shape index (κ1) is 23.7. The molecular weight excluding hydrogens is 430 g/mol. The van der Waals surface area contributed by atoms with Gasteiger partial charge in [-0.25, -0.2) is 0 Å². The zero-order valence-corrected chi connectivity index (χ0v) is 19.3. The van der Waals surface area contributed by atoms with Gasteiger partial charge in [-0.15, -0.1) is 0 Å². The van der Waals surface area contributed by atoms with Crippen LogP contribution in [-0.2, 0) is 9.59 Å². The minimum Gasteiger partial charge on any atom is -0.507 e. The summed E-state index contributed by atoms with van der Waals surface area (Å²) in [5.74, 6) is -0.497. The van der Waals surface area contributed by atoms with Gasteiger partial charge in [0, 0.05) is 12.1 Å². The van der Waals surface area contributed by atoms with Crippen molar-refractivity contribution in [2.75, 3.05) is 20.3 Å². The maximum Gasteiger partial charge on any atom is 0.295 e. The van der Waals surface area contributed by atoms with Crippen molar-refractivity contribution >= 4 is 29.1 Å². The Labute approximate surface area is 193 Å². The van der Waals surface area contributed by atoms with E-state index in [0.29, 0.717) is 35.2 Å². The van der Waals surface area contributed by atoms with Gasteiger partial charge in [0.2, 0.25) is 0 Å². The molecule has 1 aliphatic rings. The summed E-state index contributed by atoms with van der Waals surface area (Å²) in [4.78, 5) is 27.4. The van der Waals surface area contributed by atoms with E-state index in [1.165, 1.54) is 12.0 Å². The molecule has 3 rings (SSSR count). The first-order chi connectivity index (χ1) is 15.4. The molecule has 7 heteroatoms. The van der Waals surface area contributed by atoms with Crippen molar-refractivity contribution in [2.24, 2.45) is 0 Å². The molecule has 1 saturated heterocycles. The highest BCUT2D eigenvalue weighted by molar-refractivity contribution is 6.46. The third-order valence-electron chi connectivity index (χ3n) is 5.39. The van der Waals surface area contributed by atoms with E-state index in [1.807, 2.05) is 38.1 Å². The number of methoxy groups -OCH3 is 1. The molecule has 1 aliphatic heterocycles. The molecule has 1 heterocycles. The predicted octanol–water partition coefficient (Wildman–Crippen LogP) is 5.36. The molecule has 0 spiro atoms. The number of ether oxygens (including phenoxy) is 2. The summed E-state index contributed by atoms with van der Waals surface area (Å²) in [6.45, 7) is 5.07. The molecule has 1 atom stereocenters. The highest BCUT2D eigenvalue weighted by atomic mass is 35.5. The zero-order valence-electron chi connectivity index (χ0n) is 18.6. The van der Waals surface area contributed by atoms with Gasteiger partial charge < -0.3 is 19.5 Å². The van der Waals surface area contributed by atoms with Gasteiger partial charge in [0.1, 0.15) is 17.3 Å². The summed E-state index contributed by atoms with van der Waals surface area (Å²) in [5.41, 5.74) is 1.14. The molecule has 2 aromatic rings. The van der Waals surface area contributed by atoms with Crippen molar-refractivity contribution in [1.82, 2.24) is 4.90 Å². The molecule has 6 nitrogen and oxygen atoms in total. The second-order valence-corrected chi connectivity index (χ2v) is 8.02. The Bertz CT molecular complexity index is 1020. The summed E-state index contributed by atoms with van der Waals surface area (Å²) in [6.07, 6.45) is 2.51. The number of Topliss-reactive ketones (excluding diaryl/α,β-unsaturated/α-hetero) is 1. The second-order valence-electron chi connectivity index (χ2n) is 7.61. The molecule has 0 bridgehead atoms. The van der Waals surface area contributed by atoms with Crippen LogP contribution in [-0.4, -0.2) is 42.0 Å². The van der Waals surface area contributed by atoms with Crippen molar-refractivity contribution in [3.63, 3.8) is 0 Å². The van der Waals surface area contributed by atoms with Crippen LogP contribution in [0.2, 0.25) is 5.02 Å². The van der Waals surface area contributed by atoms with Crippen molar-refractivity contribution in [1.29, 1.82) is 0 Å². The van der Waals surface area contributed by atoms with Crippen LogP contribution in [0.4, 0.5) is 0 Å². The van der Waals surface area contributed by atoms with Crippen LogP contribution in [0, 0.1) is 0 Å². The van der Waals surface area contributed by atoms with Crippen LogP contribution < -0.4 is 9.47 Å². The topological polar surface area (TPSA) is 76.1 Å². The number of hydrogen-bond donors (Lipinski definition) is 1. The van der Waals surface area contributed by atoms with Gasteiger partial charge in [-0.2, -0.15) is 0 Å². The summed E-state index contributed by atoms with van der Waals surface area (Å²) in [5, 5.41) is 11.5. The number of aliphatic hydroxyl groups excluding tert-OH is 1. The Kier molecular flexibility index (Phi) is 7.80. The number of hydrogen-bond acceptors (Lipinski definition) is 5. The predicted molar refractivity (Wildman–Crippen MR) is 124 cm³/mol. The van der Waals surface area contributed by atoms with Gasteiger partial charge in [0.25, 0.3) is 11.7 Å². The van der Waals surface area contributed by atoms with E-state index >= 15 is 0 Å². The number of likely N-dealkylation sites (tertiary alicyclic amines) is 1. The summed E-state index contributed by atoms with van der Waals surface area (Å²) >= 11 is 6.10. The third kappa shape index (κ3) is 4.75. The van der Waals surface area contributed by atoms with E-state index in [-0.39, 0.29) is 11.3 Å². The summed E-state index contributed by atoms with van der Waals surface area (Å²) < 4.78 is 10.9. The molecule has 2 aromatic carbocycles. The SMILES string of the molecule is CCCCN1C(=O)C(=O)/C(=C(\O)c2ccc(Cl)c(OC)c2)C1c1ccc(OCCC)cc1. The Hall–Kier alpha value is -2.99. The van der Waals surface area contributed by atoms with Crippen LogP contribution in [0.25, 0.3) is 5.76 Å². The van der Waals surface area contributed by atoms with Gasteiger partial charge in [-0.1, -0.05) is 44.0 Å². The van der Waals surface area contributed by atoms with Crippen LogP contribution >= 0.6 is 11.6 Å². The van der Waals surface area contributed by atoms with Crippen molar-refractivity contribution in [2.45, 2.75) is 39.2 Å². The maximum atomic E-state index is 13.0. The van der Waals surface area contributed by atoms with Gasteiger partial charge in [0.15, 0.2) is 0 Å². The maximum absolute atomic E-state index is 13.0. The lowest BCUT2D eigenvalue weighted by atomic mass is 9.95. The fraction of sp³-hybridized carbons (Fsp3) is 0.360. The largest absolute Gasteiger partial charge is 0.507 e. The van der Waals surface area contributed by atoms with Gasteiger partial charge in [-0.3, -0.25) is 9.59 Å². The Morgan fingerprint density at radius 3 is 2.44 bits per heavy atom. The number of ketones is 1. The molecule has 1 fully saturated rings. The van der Waals surface area contributed by atoms with Gasteiger partial charge in [-0.05, 0) is 48.7 Å². The molecule has 0 saturated carbocycles. The van der Waals surface area contributed by atoms with E-state index in [4.69, 9.17) is 21.1 Å². The number of carbonyl (C=O) groups excluding carboxylic acids is 2. The molecular formula is C25H28ClNO5. The van der Waals surface area contributed by atoms with Crippen LogP contribution in [0.5, 0.6) is 11.5 Å². The minimum atomic E-state index is -0.705. The van der Waals surface area contributed by atoms with E-state index in [2.05, 4.69) is 0 Å². The third-order valence-corrected chi connectivity index (χ3v) is 5.70. The molecule has 1 unspecified atom stereocenters. The number of nitrogens with zero attached hydrogens (tertiary/aromatic N) is 1. The molecule has 1 N–H and O–H groups in total.